The fourth-order valence-electron chi connectivity index (χ4n) is 3.41. The van der Waals surface area contributed by atoms with Crippen LogP contribution in [0.1, 0.15) is 28.8 Å². The minimum Gasteiger partial charge on any atom is -0.477 e. The lowest BCUT2D eigenvalue weighted by atomic mass is 9.96. The summed E-state index contributed by atoms with van der Waals surface area (Å²) in [4.78, 5) is 41.2. The van der Waals surface area contributed by atoms with Crippen LogP contribution in [0.15, 0.2) is 12.1 Å². The standard InChI is InChI=1S/C18H15N5O5S/c19-7-11-10-3-1-2-4-13(10)29-18(11)21-15(24)8-22-16(25)9-28-12-5-6-14(23(26)27)20-17(12)22/h5-6H,1-4,8-9H2,(H,21,24). The summed E-state index contributed by atoms with van der Waals surface area (Å²) >= 11 is 1.38. The molecule has 148 valence electrons. The first-order valence-electron chi connectivity index (χ1n) is 8.91. The van der Waals surface area contributed by atoms with E-state index in [1.807, 2.05) is 0 Å². The first kappa shape index (κ1) is 18.8. The zero-order valence-corrected chi connectivity index (χ0v) is 16.0. The Kier molecular flexibility index (Phi) is 4.85. The van der Waals surface area contributed by atoms with Gasteiger partial charge in [-0.2, -0.15) is 5.26 Å². The Labute approximate surface area is 168 Å². The number of ether oxygens (including phenoxy) is 1. The van der Waals surface area contributed by atoms with Gasteiger partial charge in [-0.05, 0) is 47.2 Å². The number of thiophene rings is 1. The zero-order valence-electron chi connectivity index (χ0n) is 15.1. The number of nitrogens with one attached hydrogen (secondary N) is 1. The molecule has 2 aromatic heterocycles. The third kappa shape index (κ3) is 3.50. The number of carbonyl (C=O) groups excluding carboxylic acids is 2. The number of amides is 2. The highest BCUT2D eigenvalue weighted by atomic mass is 32.1. The summed E-state index contributed by atoms with van der Waals surface area (Å²) < 4.78 is 5.24. The van der Waals surface area contributed by atoms with Gasteiger partial charge in [0.25, 0.3) is 11.7 Å². The highest BCUT2D eigenvalue weighted by Crippen LogP contribution is 2.38. The summed E-state index contributed by atoms with van der Waals surface area (Å²) in [6, 6.07) is 4.68. The molecule has 0 atom stereocenters. The molecule has 0 unspecified atom stereocenters. The summed E-state index contributed by atoms with van der Waals surface area (Å²) in [7, 11) is 0. The number of nitro groups is 1. The highest BCUT2D eigenvalue weighted by Gasteiger charge is 2.34. The van der Waals surface area contributed by atoms with E-state index >= 15 is 0 Å². The first-order chi connectivity index (χ1) is 14.0. The fourth-order valence-corrected chi connectivity index (χ4v) is 4.67. The van der Waals surface area contributed by atoms with Crippen LogP contribution in [0.2, 0.25) is 0 Å². The molecular weight excluding hydrogens is 398 g/mol. The van der Waals surface area contributed by atoms with Crippen LogP contribution in [-0.2, 0) is 22.4 Å². The molecule has 2 amide bonds. The molecule has 4 rings (SSSR count). The summed E-state index contributed by atoms with van der Waals surface area (Å²) in [6.07, 6.45) is 3.76. The maximum absolute atomic E-state index is 12.6. The van der Waals surface area contributed by atoms with Crippen LogP contribution in [-0.4, -0.2) is 34.9 Å². The normalized spacial score (nSPS) is 15.0. The van der Waals surface area contributed by atoms with Crippen LogP contribution < -0.4 is 15.0 Å². The van der Waals surface area contributed by atoms with Gasteiger partial charge in [-0.25, -0.2) is 0 Å². The Morgan fingerprint density at radius 1 is 1.41 bits per heavy atom. The lowest BCUT2D eigenvalue weighted by Gasteiger charge is -2.24. The van der Waals surface area contributed by atoms with E-state index in [0.717, 1.165) is 41.0 Å². The van der Waals surface area contributed by atoms with Crippen LogP contribution in [0.3, 0.4) is 0 Å². The molecule has 29 heavy (non-hydrogen) atoms. The second-order valence-electron chi connectivity index (χ2n) is 6.59. The zero-order chi connectivity index (χ0) is 20.5. The number of nitrogens with zero attached hydrogens (tertiary/aromatic N) is 4. The first-order valence-corrected chi connectivity index (χ1v) is 9.72. The van der Waals surface area contributed by atoms with Gasteiger partial charge in [0.05, 0.1) is 5.56 Å². The van der Waals surface area contributed by atoms with E-state index in [2.05, 4.69) is 16.4 Å². The second-order valence-corrected chi connectivity index (χ2v) is 7.70. The predicted molar refractivity (Wildman–Crippen MR) is 103 cm³/mol. The Hall–Kier alpha value is -3.52. The van der Waals surface area contributed by atoms with Crippen molar-refractivity contribution in [3.63, 3.8) is 0 Å². The smallest absolute Gasteiger partial charge is 0.366 e. The molecule has 0 radical (unpaired) electrons. The second kappa shape index (κ2) is 7.48. The molecule has 0 aromatic carbocycles. The molecule has 2 aromatic rings. The molecule has 11 heteroatoms. The minimum atomic E-state index is -0.688. The average Bonchev–Trinajstić information content (AvgIpc) is 3.06. The molecular formula is C18H15N5O5S. The highest BCUT2D eigenvalue weighted by molar-refractivity contribution is 7.16. The number of rotatable bonds is 4. The van der Waals surface area contributed by atoms with Gasteiger partial charge in [0.2, 0.25) is 5.91 Å². The molecule has 1 aliphatic carbocycles. The number of hydrogen-bond donors (Lipinski definition) is 1. The number of pyridine rings is 1. The van der Waals surface area contributed by atoms with Crippen molar-refractivity contribution >= 4 is 39.8 Å². The van der Waals surface area contributed by atoms with Gasteiger partial charge in [-0.15, -0.1) is 11.3 Å². The number of carbonyl (C=O) groups is 2. The van der Waals surface area contributed by atoms with E-state index < -0.39 is 29.1 Å². The monoisotopic (exact) mass is 413 g/mol. The van der Waals surface area contributed by atoms with Crippen molar-refractivity contribution in [3.8, 4) is 11.8 Å². The van der Waals surface area contributed by atoms with Crippen LogP contribution in [0.4, 0.5) is 16.6 Å². The van der Waals surface area contributed by atoms with Gasteiger partial charge in [0.15, 0.2) is 12.4 Å². The van der Waals surface area contributed by atoms with Crippen molar-refractivity contribution in [2.24, 2.45) is 0 Å². The van der Waals surface area contributed by atoms with E-state index in [9.17, 15) is 25.0 Å². The molecule has 10 nitrogen and oxygen atoms in total. The molecule has 1 N–H and O–H groups in total. The third-order valence-corrected chi connectivity index (χ3v) is 5.96. The van der Waals surface area contributed by atoms with E-state index in [0.29, 0.717) is 10.6 Å². The van der Waals surface area contributed by atoms with Crippen LogP contribution in [0, 0.1) is 21.4 Å². The van der Waals surface area contributed by atoms with Crippen molar-refractivity contribution in [2.45, 2.75) is 25.7 Å². The Morgan fingerprint density at radius 3 is 2.97 bits per heavy atom. The number of nitriles is 1. The number of anilines is 2. The summed E-state index contributed by atoms with van der Waals surface area (Å²) in [5.41, 5.74) is 1.46. The van der Waals surface area contributed by atoms with Crippen LogP contribution in [0.5, 0.6) is 5.75 Å². The molecule has 1 aliphatic heterocycles. The maximum Gasteiger partial charge on any atom is 0.366 e. The number of aryl methyl sites for hydroxylation is 1. The SMILES string of the molecule is N#Cc1c(NC(=O)CN2C(=O)COc3ccc([N+](=O)[O-])nc32)sc2c1CCCC2. The molecule has 0 saturated heterocycles. The molecule has 2 aliphatic rings. The molecule has 0 saturated carbocycles. The van der Waals surface area contributed by atoms with Gasteiger partial charge in [0.1, 0.15) is 17.6 Å². The maximum atomic E-state index is 12.6. The van der Waals surface area contributed by atoms with Gasteiger partial charge >= 0.3 is 5.82 Å². The molecule has 0 bridgehead atoms. The number of fused-ring (bicyclic) bond motifs is 2. The Balaban J connectivity index is 1.57. The minimum absolute atomic E-state index is 0.0726. The lowest BCUT2D eigenvalue weighted by molar-refractivity contribution is -0.389. The number of aromatic nitrogens is 1. The van der Waals surface area contributed by atoms with Crippen molar-refractivity contribution < 1.29 is 19.2 Å². The average molecular weight is 413 g/mol. The van der Waals surface area contributed by atoms with Crippen molar-refractivity contribution in [2.75, 3.05) is 23.4 Å². The van der Waals surface area contributed by atoms with Crippen LogP contribution >= 0.6 is 11.3 Å². The van der Waals surface area contributed by atoms with Gasteiger partial charge < -0.3 is 20.2 Å². The summed E-state index contributed by atoms with van der Waals surface area (Å²) in [5, 5.41) is 23.7. The van der Waals surface area contributed by atoms with Gasteiger partial charge in [-0.3, -0.25) is 14.5 Å². The fraction of sp³-hybridized carbons (Fsp3) is 0.333. The van der Waals surface area contributed by atoms with E-state index in [1.54, 1.807) is 0 Å². The van der Waals surface area contributed by atoms with Crippen LogP contribution in [0.25, 0.3) is 0 Å². The van der Waals surface area contributed by atoms with Gasteiger partial charge in [-0.1, -0.05) is 0 Å². The van der Waals surface area contributed by atoms with E-state index in [1.165, 1.54) is 23.5 Å². The molecule has 0 spiro atoms. The van der Waals surface area contributed by atoms with E-state index in [-0.39, 0.29) is 18.2 Å². The van der Waals surface area contributed by atoms with Crippen molar-refractivity contribution in [1.82, 2.24) is 4.98 Å². The molecule has 0 fully saturated rings. The summed E-state index contributed by atoms with van der Waals surface area (Å²) in [5.74, 6) is -1.39. The van der Waals surface area contributed by atoms with Gasteiger partial charge in [0, 0.05) is 10.9 Å². The van der Waals surface area contributed by atoms with Crippen molar-refractivity contribution in [3.05, 3.63) is 38.3 Å². The molecule has 3 heterocycles. The van der Waals surface area contributed by atoms with E-state index in [4.69, 9.17) is 4.74 Å². The Bertz CT molecular complexity index is 1070. The quantitative estimate of drug-likeness (QED) is 0.598. The third-order valence-electron chi connectivity index (χ3n) is 4.76. The number of hydrogen-bond acceptors (Lipinski definition) is 8. The lowest BCUT2D eigenvalue weighted by Crippen LogP contribution is -2.44. The predicted octanol–water partition coefficient (Wildman–Crippen LogP) is 2.17. The Morgan fingerprint density at radius 2 is 2.21 bits per heavy atom. The largest absolute Gasteiger partial charge is 0.477 e. The summed E-state index contributed by atoms with van der Waals surface area (Å²) in [6.45, 7) is -0.687. The van der Waals surface area contributed by atoms with Crippen molar-refractivity contribution in [1.29, 1.82) is 5.26 Å². The topological polar surface area (TPSA) is 138 Å².